The van der Waals surface area contributed by atoms with E-state index in [-0.39, 0.29) is 10.9 Å². The molecule has 1 heterocycles. The van der Waals surface area contributed by atoms with Gasteiger partial charge in [-0.15, -0.1) is 0 Å². The number of benzene rings is 2. The molecule has 128 valence electrons. The summed E-state index contributed by atoms with van der Waals surface area (Å²) in [6.45, 7) is 3.68. The molecule has 0 aromatic heterocycles. The highest BCUT2D eigenvalue weighted by molar-refractivity contribution is 7.89. The van der Waals surface area contributed by atoms with Crippen LogP contribution in [0.1, 0.15) is 29.7 Å². The van der Waals surface area contributed by atoms with Crippen LogP contribution in [-0.4, -0.2) is 21.6 Å². The zero-order chi connectivity index (χ0) is 17.2. The molecule has 1 atom stereocenters. The smallest absolute Gasteiger partial charge is 0.238 e. The van der Waals surface area contributed by atoms with Crippen molar-refractivity contribution in [1.82, 2.24) is 5.32 Å². The van der Waals surface area contributed by atoms with Crippen molar-refractivity contribution >= 4 is 10.0 Å². The highest BCUT2D eigenvalue weighted by Gasteiger charge is 2.12. The van der Waals surface area contributed by atoms with Gasteiger partial charge in [-0.25, -0.2) is 13.6 Å². The van der Waals surface area contributed by atoms with Gasteiger partial charge in [-0.05, 0) is 54.8 Å². The molecule has 0 aliphatic carbocycles. The van der Waals surface area contributed by atoms with Gasteiger partial charge in [-0.1, -0.05) is 24.3 Å². The number of sulfonamides is 1. The fraction of sp³-hybridized carbons (Fsp3) is 0.333. The number of primary sulfonamides is 1. The van der Waals surface area contributed by atoms with E-state index in [0.29, 0.717) is 0 Å². The van der Waals surface area contributed by atoms with Crippen LogP contribution in [0.3, 0.4) is 0 Å². The van der Waals surface area contributed by atoms with Crippen LogP contribution in [0.15, 0.2) is 47.4 Å². The van der Waals surface area contributed by atoms with Crippen molar-refractivity contribution < 1.29 is 13.2 Å². The first-order chi connectivity index (χ1) is 11.4. The minimum absolute atomic E-state index is 0.136. The van der Waals surface area contributed by atoms with Crippen LogP contribution in [0.25, 0.3) is 0 Å². The average Bonchev–Trinajstić information content (AvgIpc) is 3.02. The summed E-state index contributed by atoms with van der Waals surface area (Å²) in [5.74, 6) is 1.01. The number of ether oxygens (including phenoxy) is 1. The largest absolute Gasteiger partial charge is 0.493 e. The number of rotatable bonds is 6. The maximum absolute atomic E-state index is 11.3. The summed E-state index contributed by atoms with van der Waals surface area (Å²) in [6, 6.07) is 13.2. The molecule has 3 rings (SSSR count). The number of fused-ring (bicyclic) bond motifs is 1. The van der Waals surface area contributed by atoms with Crippen molar-refractivity contribution in [2.45, 2.75) is 30.7 Å². The molecule has 1 aliphatic rings. The second-order valence-corrected chi connectivity index (χ2v) is 7.64. The Morgan fingerprint density at radius 2 is 1.96 bits per heavy atom. The Morgan fingerprint density at radius 3 is 2.67 bits per heavy atom. The van der Waals surface area contributed by atoms with Gasteiger partial charge in [0.25, 0.3) is 0 Å². The van der Waals surface area contributed by atoms with E-state index in [0.717, 1.165) is 37.3 Å². The summed E-state index contributed by atoms with van der Waals surface area (Å²) in [5.41, 5.74) is 3.62. The molecule has 0 saturated heterocycles. The Kier molecular flexibility index (Phi) is 4.89. The fourth-order valence-electron chi connectivity index (χ4n) is 2.89. The lowest BCUT2D eigenvalue weighted by Gasteiger charge is -2.15. The second-order valence-electron chi connectivity index (χ2n) is 6.08. The van der Waals surface area contributed by atoms with Crippen LogP contribution in [0.5, 0.6) is 5.75 Å². The molecule has 0 amide bonds. The van der Waals surface area contributed by atoms with Crippen molar-refractivity contribution in [3.8, 4) is 5.75 Å². The lowest BCUT2D eigenvalue weighted by molar-refractivity contribution is 0.357. The Labute approximate surface area is 142 Å². The quantitative estimate of drug-likeness (QED) is 0.840. The van der Waals surface area contributed by atoms with E-state index >= 15 is 0 Å². The molecular formula is C18H22N2O3S. The zero-order valence-electron chi connectivity index (χ0n) is 13.7. The summed E-state index contributed by atoms with van der Waals surface area (Å²) in [6.07, 6.45) is 1.93. The molecule has 6 heteroatoms. The van der Waals surface area contributed by atoms with E-state index in [9.17, 15) is 8.42 Å². The highest BCUT2D eigenvalue weighted by Crippen LogP contribution is 2.26. The molecule has 24 heavy (non-hydrogen) atoms. The third kappa shape index (κ3) is 3.95. The summed E-state index contributed by atoms with van der Waals surface area (Å²) in [5, 5.41) is 8.58. The molecule has 2 aromatic rings. The number of nitrogens with one attached hydrogen (secondary N) is 1. The van der Waals surface area contributed by atoms with Gasteiger partial charge in [0.15, 0.2) is 0 Å². The van der Waals surface area contributed by atoms with Gasteiger partial charge in [0, 0.05) is 12.5 Å². The highest BCUT2D eigenvalue weighted by atomic mass is 32.2. The molecule has 0 fully saturated rings. The molecule has 2 aromatic carbocycles. The monoisotopic (exact) mass is 346 g/mol. The normalized spacial score (nSPS) is 14.9. The van der Waals surface area contributed by atoms with Gasteiger partial charge < -0.3 is 10.1 Å². The maximum Gasteiger partial charge on any atom is 0.238 e. The molecule has 1 aliphatic heterocycles. The minimum atomic E-state index is -3.63. The summed E-state index contributed by atoms with van der Waals surface area (Å²) < 4.78 is 28.1. The number of hydrogen-bond donors (Lipinski definition) is 2. The minimum Gasteiger partial charge on any atom is -0.493 e. The summed E-state index contributed by atoms with van der Waals surface area (Å²) in [4.78, 5) is 0.138. The van der Waals surface area contributed by atoms with Gasteiger partial charge in [0.2, 0.25) is 10.0 Å². The predicted molar refractivity (Wildman–Crippen MR) is 93.6 cm³/mol. The Balaban J connectivity index is 1.55. The molecule has 0 saturated carbocycles. The molecule has 0 spiro atoms. The van der Waals surface area contributed by atoms with E-state index in [4.69, 9.17) is 9.88 Å². The van der Waals surface area contributed by atoms with Crippen LogP contribution < -0.4 is 15.2 Å². The van der Waals surface area contributed by atoms with Gasteiger partial charge >= 0.3 is 0 Å². The lowest BCUT2D eigenvalue weighted by Crippen LogP contribution is -2.21. The predicted octanol–water partition coefficient (Wildman–Crippen LogP) is 2.16. The second kappa shape index (κ2) is 6.93. The average molecular weight is 346 g/mol. The van der Waals surface area contributed by atoms with E-state index in [1.165, 1.54) is 11.1 Å². The zero-order valence-corrected chi connectivity index (χ0v) is 14.5. The van der Waals surface area contributed by atoms with Crippen LogP contribution in [0, 0.1) is 0 Å². The van der Waals surface area contributed by atoms with Crippen LogP contribution >= 0.6 is 0 Å². The Morgan fingerprint density at radius 1 is 1.21 bits per heavy atom. The third-order valence-electron chi connectivity index (χ3n) is 4.33. The van der Waals surface area contributed by atoms with E-state index < -0.39 is 10.0 Å². The van der Waals surface area contributed by atoms with Crippen LogP contribution in [0.4, 0.5) is 0 Å². The van der Waals surface area contributed by atoms with Crippen molar-refractivity contribution in [2.24, 2.45) is 5.14 Å². The van der Waals surface area contributed by atoms with Crippen molar-refractivity contribution in [3.63, 3.8) is 0 Å². The van der Waals surface area contributed by atoms with E-state index in [1.54, 1.807) is 24.3 Å². The topological polar surface area (TPSA) is 81.4 Å². The molecule has 0 unspecified atom stereocenters. The molecule has 0 radical (unpaired) electrons. The summed E-state index contributed by atoms with van der Waals surface area (Å²) >= 11 is 0. The van der Waals surface area contributed by atoms with Crippen LogP contribution in [-0.2, 0) is 22.9 Å². The van der Waals surface area contributed by atoms with Gasteiger partial charge in [0.05, 0.1) is 11.5 Å². The SMILES string of the molecule is C[C@H](NCCc1ccc2c(c1)CCO2)c1ccc(S(N)(=O)=O)cc1. The fourth-order valence-corrected chi connectivity index (χ4v) is 3.41. The molecule has 3 N–H and O–H groups in total. The third-order valence-corrected chi connectivity index (χ3v) is 5.26. The van der Waals surface area contributed by atoms with Crippen molar-refractivity contribution in [1.29, 1.82) is 0 Å². The van der Waals surface area contributed by atoms with Crippen LogP contribution in [0.2, 0.25) is 0 Å². The summed E-state index contributed by atoms with van der Waals surface area (Å²) in [7, 11) is -3.63. The Hall–Kier alpha value is -1.89. The van der Waals surface area contributed by atoms with Gasteiger partial charge in [-0.3, -0.25) is 0 Å². The first-order valence-electron chi connectivity index (χ1n) is 8.04. The molecule has 0 bridgehead atoms. The molecule has 5 nitrogen and oxygen atoms in total. The van der Waals surface area contributed by atoms with E-state index in [2.05, 4.69) is 24.4 Å². The van der Waals surface area contributed by atoms with E-state index in [1.807, 2.05) is 6.07 Å². The lowest BCUT2D eigenvalue weighted by atomic mass is 10.1. The van der Waals surface area contributed by atoms with Crippen molar-refractivity contribution in [3.05, 3.63) is 59.2 Å². The van der Waals surface area contributed by atoms with Gasteiger partial charge in [-0.2, -0.15) is 0 Å². The number of hydrogen-bond acceptors (Lipinski definition) is 4. The first-order valence-corrected chi connectivity index (χ1v) is 9.59. The Bertz CT molecular complexity index is 817. The standard InChI is InChI=1S/C18H22N2O3S/c1-13(15-3-5-17(6-4-15)24(19,21)22)20-10-8-14-2-7-18-16(12-14)9-11-23-18/h2-7,12-13,20H,8-11H2,1H3,(H2,19,21,22)/t13-/m0/s1. The number of nitrogens with two attached hydrogens (primary N) is 1. The molecular weight excluding hydrogens is 324 g/mol. The van der Waals surface area contributed by atoms with Crippen molar-refractivity contribution in [2.75, 3.05) is 13.2 Å². The van der Waals surface area contributed by atoms with Gasteiger partial charge in [0.1, 0.15) is 5.75 Å². The first kappa shape index (κ1) is 17.0. The maximum atomic E-state index is 11.3.